The minimum Gasteiger partial charge on any atom is -0.342 e. The molecule has 0 unspecified atom stereocenters. The van der Waals surface area contributed by atoms with Crippen LogP contribution in [-0.2, 0) is 16.0 Å². The number of rotatable bonds is 4. The van der Waals surface area contributed by atoms with E-state index in [0.717, 1.165) is 56.6 Å². The summed E-state index contributed by atoms with van der Waals surface area (Å²) in [6, 6.07) is 5.89. The lowest BCUT2D eigenvalue weighted by Crippen LogP contribution is -2.55. The summed E-state index contributed by atoms with van der Waals surface area (Å²) in [4.78, 5) is 33.2. The molecule has 5 heteroatoms. The van der Waals surface area contributed by atoms with Crippen molar-refractivity contribution in [2.45, 2.75) is 46.0 Å². The topological polar surface area (TPSA) is 53.5 Å². The molecule has 0 aliphatic carbocycles. The van der Waals surface area contributed by atoms with Crippen LogP contribution in [0.5, 0.6) is 0 Å². The predicted octanol–water partition coefficient (Wildman–Crippen LogP) is 2.82. The molecule has 2 amide bonds. The Morgan fingerprint density at radius 2 is 2.12 bits per heavy atom. The van der Waals surface area contributed by atoms with Crippen LogP contribution in [0.4, 0.5) is 0 Å². The first kappa shape index (κ1) is 18.6. The van der Waals surface area contributed by atoms with Gasteiger partial charge in [-0.25, -0.2) is 0 Å². The third-order valence-electron chi connectivity index (χ3n) is 5.50. The van der Waals surface area contributed by atoms with E-state index in [1.54, 1.807) is 12.3 Å². The smallest absolute Gasteiger partial charge is 0.246 e. The number of piperidine rings is 2. The highest BCUT2D eigenvalue weighted by Gasteiger charge is 2.42. The summed E-state index contributed by atoms with van der Waals surface area (Å²) in [5.41, 5.74) is 2.11. The van der Waals surface area contributed by atoms with Crippen molar-refractivity contribution in [3.8, 4) is 0 Å². The fourth-order valence-electron chi connectivity index (χ4n) is 4.17. The molecule has 140 valence electrons. The number of carbonyl (C=O) groups excluding carboxylic acids is 2. The quantitative estimate of drug-likeness (QED) is 0.781. The van der Waals surface area contributed by atoms with Crippen molar-refractivity contribution in [2.75, 3.05) is 26.2 Å². The molecule has 3 rings (SSSR count). The number of nitrogens with zero attached hydrogens (tertiary/aromatic N) is 3. The summed E-state index contributed by atoms with van der Waals surface area (Å²) in [6.07, 6.45) is 7.90. The zero-order valence-electron chi connectivity index (χ0n) is 15.9. The SMILES string of the molecule is CC(C)=CC(=O)N1CCC[C@]2(CCC(=O)N(CCc3ccccn3)C2)C1. The van der Waals surface area contributed by atoms with E-state index in [4.69, 9.17) is 0 Å². The van der Waals surface area contributed by atoms with E-state index in [-0.39, 0.29) is 17.2 Å². The predicted molar refractivity (Wildman–Crippen MR) is 101 cm³/mol. The van der Waals surface area contributed by atoms with Gasteiger partial charge in [0.15, 0.2) is 0 Å². The average Bonchev–Trinajstić information content (AvgIpc) is 2.63. The van der Waals surface area contributed by atoms with Crippen LogP contribution in [0.1, 0.15) is 45.2 Å². The lowest BCUT2D eigenvalue weighted by molar-refractivity contribution is -0.141. The molecule has 1 aromatic rings. The van der Waals surface area contributed by atoms with Crippen molar-refractivity contribution in [1.29, 1.82) is 0 Å². The van der Waals surface area contributed by atoms with Crippen molar-refractivity contribution in [2.24, 2.45) is 5.41 Å². The number of hydrogen-bond acceptors (Lipinski definition) is 3. The maximum Gasteiger partial charge on any atom is 0.246 e. The summed E-state index contributed by atoms with van der Waals surface area (Å²) < 4.78 is 0. The van der Waals surface area contributed by atoms with E-state index in [0.29, 0.717) is 13.0 Å². The number of aromatic nitrogens is 1. The van der Waals surface area contributed by atoms with Gasteiger partial charge in [0.2, 0.25) is 11.8 Å². The molecule has 0 saturated carbocycles. The second kappa shape index (κ2) is 8.02. The molecule has 2 aliphatic heterocycles. The summed E-state index contributed by atoms with van der Waals surface area (Å²) >= 11 is 0. The molecule has 0 bridgehead atoms. The van der Waals surface area contributed by atoms with Gasteiger partial charge in [-0.2, -0.15) is 0 Å². The van der Waals surface area contributed by atoms with Crippen LogP contribution in [-0.4, -0.2) is 52.8 Å². The maximum absolute atomic E-state index is 12.5. The monoisotopic (exact) mass is 355 g/mol. The van der Waals surface area contributed by atoms with Crippen molar-refractivity contribution in [3.05, 3.63) is 41.7 Å². The Kier molecular flexibility index (Phi) is 5.74. The second-order valence-electron chi connectivity index (χ2n) is 7.97. The second-order valence-corrected chi connectivity index (χ2v) is 7.97. The molecule has 26 heavy (non-hydrogen) atoms. The van der Waals surface area contributed by atoms with Gasteiger partial charge < -0.3 is 9.80 Å². The molecule has 2 aliphatic rings. The molecule has 5 nitrogen and oxygen atoms in total. The third-order valence-corrected chi connectivity index (χ3v) is 5.50. The van der Waals surface area contributed by atoms with Crippen LogP contribution in [0.3, 0.4) is 0 Å². The van der Waals surface area contributed by atoms with E-state index < -0.39 is 0 Å². The highest BCUT2D eigenvalue weighted by Crippen LogP contribution is 2.39. The number of amides is 2. The van der Waals surface area contributed by atoms with Crippen LogP contribution in [0.15, 0.2) is 36.0 Å². The Morgan fingerprint density at radius 1 is 1.27 bits per heavy atom. The average molecular weight is 355 g/mol. The van der Waals surface area contributed by atoms with Gasteiger partial charge in [-0.15, -0.1) is 0 Å². The Balaban J connectivity index is 1.65. The Morgan fingerprint density at radius 3 is 2.85 bits per heavy atom. The maximum atomic E-state index is 12.5. The van der Waals surface area contributed by atoms with Crippen molar-refractivity contribution < 1.29 is 9.59 Å². The normalized spacial score (nSPS) is 23.2. The Bertz CT molecular complexity index is 682. The summed E-state index contributed by atoms with van der Waals surface area (Å²) in [5, 5.41) is 0. The first-order valence-electron chi connectivity index (χ1n) is 9.59. The molecule has 2 saturated heterocycles. The van der Waals surface area contributed by atoms with Crippen LogP contribution in [0.2, 0.25) is 0 Å². The van der Waals surface area contributed by atoms with Gasteiger partial charge in [0.05, 0.1) is 0 Å². The van der Waals surface area contributed by atoms with Gasteiger partial charge in [-0.3, -0.25) is 14.6 Å². The van der Waals surface area contributed by atoms with Crippen LogP contribution < -0.4 is 0 Å². The zero-order valence-corrected chi connectivity index (χ0v) is 15.9. The lowest BCUT2D eigenvalue weighted by atomic mass is 9.73. The summed E-state index contributed by atoms with van der Waals surface area (Å²) in [6.45, 7) is 6.97. The molecule has 1 spiro atoms. The van der Waals surface area contributed by atoms with Gasteiger partial charge >= 0.3 is 0 Å². The number of allylic oxidation sites excluding steroid dienone is 1. The minimum absolute atomic E-state index is 0.0570. The fraction of sp³-hybridized carbons (Fsp3) is 0.571. The molecule has 1 aromatic heterocycles. The first-order valence-corrected chi connectivity index (χ1v) is 9.59. The number of hydrogen-bond donors (Lipinski definition) is 0. The van der Waals surface area contributed by atoms with E-state index in [1.165, 1.54) is 0 Å². The Labute approximate surface area is 156 Å². The van der Waals surface area contributed by atoms with E-state index in [9.17, 15) is 9.59 Å². The van der Waals surface area contributed by atoms with Crippen LogP contribution >= 0.6 is 0 Å². The van der Waals surface area contributed by atoms with E-state index in [1.807, 2.05) is 41.8 Å². The standard InChI is InChI=1S/C21H29N3O2/c1-17(2)14-20(26)23-12-5-9-21(15-23)10-7-19(25)24(16-21)13-8-18-6-3-4-11-22-18/h3-4,6,11,14H,5,7-10,12-13,15-16H2,1-2H3/t21-/m0/s1. The molecule has 0 radical (unpaired) electrons. The van der Waals surface area contributed by atoms with E-state index in [2.05, 4.69) is 4.98 Å². The van der Waals surface area contributed by atoms with Crippen LogP contribution in [0.25, 0.3) is 0 Å². The summed E-state index contributed by atoms with van der Waals surface area (Å²) in [5.74, 6) is 0.348. The Hall–Kier alpha value is -2.17. The number of carbonyl (C=O) groups is 2. The highest BCUT2D eigenvalue weighted by molar-refractivity contribution is 5.88. The van der Waals surface area contributed by atoms with Gasteiger partial charge in [0.25, 0.3) is 0 Å². The molecular weight excluding hydrogens is 326 g/mol. The van der Waals surface area contributed by atoms with Gasteiger partial charge in [0.1, 0.15) is 0 Å². The molecule has 2 fully saturated rings. The van der Waals surface area contributed by atoms with Crippen LogP contribution in [0, 0.1) is 5.41 Å². The molecule has 0 N–H and O–H groups in total. The van der Waals surface area contributed by atoms with Crippen molar-refractivity contribution >= 4 is 11.8 Å². The lowest BCUT2D eigenvalue weighted by Gasteiger charge is -2.48. The van der Waals surface area contributed by atoms with Gasteiger partial charge in [-0.1, -0.05) is 11.6 Å². The van der Waals surface area contributed by atoms with Crippen molar-refractivity contribution in [3.63, 3.8) is 0 Å². The molecule has 3 heterocycles. The van der Waals surface area contributed by atoms with Gasteiger partial charge in [-0.05, 0) is 45.2 Å². The highest BCUT2D eigenvalue weighted by atomic mass is 16.2. The van der Waals surface area contributed by atoms with E-state index >= 15 is 0 Å². The minimum atomic E-state index is 0.0570. The molecular formula is C21H29N3O2. The van der Waals surface area contributed by atoms with Crippen molar-refractivity contribution in [1.82, 2.24) is 14.8 Å². The fourth-order valence-corrected chi connectivity index (χ4v) is 4.17. The number of pyridine rings is 1. The number of likely N-dealkylation sites (tertiary alicyclic amines) is 2. The third kappa shape index (κ3) is 4.51. The largest absolute Gasteiger partial charge is 0.342 e. The first-order chi connectivity index (χ1) is 12.5. The molecule has 1 atom stereocenters. The molecule has 0 aromatic carbocycles. The van der Waals surface area contributed by atoms with Gasteiger partial charge in [0, 0.05) is 62.4 Å². The zero-order chi connectivity index (χ0) is 18.6. The summed E-state index contributed by atoms with van der Waals surface area (Å²) in [7, 11) is 0.